The van der Waals surface area contributed by atoms with E-state index in [0.717, 1.165) is 37.0 Å². The smallest absolute Gasteiger partial charge is 0.224 e. The summed E-state index contributed by atoms with van der Waals surface area (Å²) < 4.78 is 0. The lowest BCUT2D eigenvalue weighted by Gasteiger charge is -2.10. The van der Waals surface area contributed by atoms with Gasteiger partial charge in [-0.1, -0.05) is 27.2 Å². The number of nitrogens with one attached hydrogen (secondary N) is 2. The van der Waals surface area contributed by atoms with Gasteiger partial charge >= 0.3 is 0 Å². The molecule has 4 nitrogen and oxygen atoms in total. The summed E-state index contributed by atoms with van der Waals surface area (Å²) in [5.41, 5.74) is 0.991. The molecule has 0 aliphatic rings. The highest BCUT2D eigenvalue weighted by Gasteiger charge is 2.02. The van der Waals surface area contributed by atoms with Crippen LogP contribution in [0.3, 0.4) is 0 Å². The summed E-state index contributed by atoms with van der Waals surface area (Å²) >= 11 is 0. The maximum atomic E-state index is 4.44. The van der Waals surface area contributed by atoms with Crippen molar-refractivity contribution in [2.45, 2.75) is 40.5 Å². The van der Waals surface area contributed by atoms with Crippen LogP contribution in [0, 0.1) is 12.8 Å². The molecule has 0 aromatic carbocycles. The summed E-state index contributed by atoms with van der Waals surface area (Å²) in [6.07, 6.45) is 2.35. The maximum absolute atomic E-state index is 4.44. The lowest BCUT2D eigenvalue weighted by Crippen LogP contribution is -2.12. The number of unbranched alkanes of at least 4 members (excludes halogenated alkanes) is 1. The molecule has 0 atom stereocenters. The standard InChI is InChI=1S/C13H24N4/c1-5-6-7-14-12-8-11(4)16-13(17-12)15-9-10(2)3/h8,10H,5-7,9H2,1-4H3,(H2,14,15,16,17). The molecule has 1 aromatic rings. The van der Waals surface area contributed by atoms with Crippen LogP contribution in [0.5, 0.6) is 0 Å². The maximum Gasteiger partial charge on any atom is 0.224 e. The number of hydrogen-bond acceptors (Lipinski definition) is 4. The Labute approximate surface area is 104 Å². The van der Waals surface area contributed by atoms with Gasteiger partial charge in [-0.05, 0) is 19.3 Å². The van der Waals surface area contributed by atoms with E-state index in [0.29, 0.717) is 5.92 Å². The van der Waals surface area contributed by atoms with Gasteiger partial charge in [-0.15, -0.1) is 0 Å². The fourth-order valence-electron chi connectivity index (χ4n) is 1.43. The Morgan fingerprint density at radius 1 is 1.24 bits per heavy atom. The minimum Gasteiger partial charge on any atom is -0.370 e. The first kappa shape index (κ1) is 13.7. The molecule has 0 fully saturated rings. The molecule has 0 saturated heterocycles. The monoisotopic (exact) mass is 236 g/mol. The van der Waals surface area contributed by atoms with Crippen LogP contribution in [0.15, 0.2) is 6.07 Å². The number of nitrogens with zero attached hydrogens (tertiary/aromatic N) is 2. The van der Waals surface area contributed by atoms with E-state index < -0.39 is 0 Å². The SMILES string of the molecule is CCCCNc1cc(C)nc(NCC(C)C)n1. The van der Waals surface area contributed by atoms with Crippen LogP contribution in [0.25, 0.3) is 0 Å². The van der Waals surface area contributed by atoms with E-state index >= 15 is 0 Å². The van der Waals surface area contributed by atoms with Gasteiger partial charge in [-0.2, -0.15) is 4.98 Å². The van der Waals surface area contributed by atoms with E-state index in [2.05, 4.69) is 41.4 Å². The summed E-state index contributed by atoms with van der Waals surface area (Å²) in [6, 6.07) is 1.98. The molecule has 1 aromatic heterocycles. The van der Waals surface area contributed by atoms with E-state index in [1.165, 1.54) is 6.42 Å². The third kappa shape index (κ3) is 5.52. The highest BCUT2D eigenvalue weighted by Crippen LogP contribution is 2.10. The van der Waals surface area contributed by atoms with Gasteiger partial charge in [0.2, 0.25) is 5.95 Å². The molecule has 4 heteroatoms. The lowest BCUT2D eigenvalue weighted by atomic mass is 10.2. The average Bonchev–Trinajstić information content (AvgIpc) is 2.26. The van der Waals surface area contributed by atoms with Crippen molar-refractivity contribution >= 4 is 11.8 Å². The third-order valence-electron chi connectivity index (χ3n) is 2.36. The van der Waals surface area contributed by atoms with Crippen LogP contribution in [-0.2, 0) is 0 Å². The van der Waals surface area contributed by atoms with Crippen molar-refractivity contribution in [1.29, 1.82) is 0 Å². The zero-order chi connectivity index (χ0) is 12.7. The Bertz CT molecular complexity index is 336. The lowest BCUT2D eigenvalue weighted by molar-refractivity contribution is 0.684. The molecular formula is C13H24N4. The molecule has 0 aliphatic heterocycles. The topological polar surface area (TPSA) is 49.8 Å². The Morgan fingerprint density at radius 2 is 2.00 bits per heavy atom. The minimum absolute atomic E-state index is 0.593. The normalized spacial score (nSPS) is 10.6. The zero-order valence-electron chi connectivity index (χ0n) is 11.4. The van der Waals surface area contributed by atoms with Crippen molar-refractivity contribution in [1.82, 2.24) is 9.97 Å². The van der Waals surface area contributed by atoms with Gasteiger partial charge in [0, 0.05) is 24.8 Å². The van der Waals surface area contributed by atoms with E-state index in [-0.39, 0.29) is 0 Å². The van der Waals surface area contributed by atoms with E-state index in [1.807, 2.05) is 13.0 Å². The molecule has 96 valence electrons. The number of hydrogen-bond donors (Lipinski definition) is 2. The summed E-state index contributed by atoms with van der Waals surface area (Å²) in [4.78, 5) is 8.82. The second kappa shape index (κ2) is 7.09. The Hall–Kier alpha value is -1.32. The summed E-state index contributed by atoms with van der Waals surface area (Å²) in [5.74, 6) is 2.23. The highest BCUT2D eigenvalue weighted by atomic mass is 15.1. The van der Waals surface area contributed by atoms with Crippen LogP contribution in [-0.4, -0.2) is 23.1 Å². The largest absolute Gasteiger partial charge is 0.370 e. The van der Waals surface area contributed by atoms with Crippen molar-refractivity contribution in [3.05, 3.63) is 11.8 Å². The number of anilines is 2. The van der Waals surface area contributed by atoms with Crippen LogP contribution < -0.4 is 10.6 Å². The molecule has 0 bridgehead atoms. The summed E-state index contributed by atoms with van der Waals surface area (Å²) in [6.45, 7) is 10.4. The summed E-state index contributed by atoms with van der Waals surface area (Å²) in [7, 11) is 0. The minimum atomic E-state index is 0.593. The second-order valence-electron chi connectivity index (χ2n) is 4.77. The predicted octanol–water partition coefficient (Wildman–Crippen LogP) is 3.06. The molecule has 0 saturated carbocycles. The van der Waals surface area contributed by atoms with Crippen LogP contribution in [0.2, 0.25) is 0 Å². The van der Waals surface area contributed by atoms with E-state index in [4.69, 9.17) is 0 Å². The highest BCUT2D eigenvalue weighted by molar-refractivity contribution is 5.42. The van der Waals surface area contributed by atoms with Gasteiger partial charge in [0.15, 0.2) is 0 Å². The Kier molecular flexibility index (Phi) is 5.73. The first-order valence-electron chi connectivity index (χ1n) is 6.45. The molecule has 1 heterocycles. The number of aryl methyl sites for hydroxylation is 1. The van der Waals surface area contributed by atoms with E-state index in [1.54, 1.807) is 0 Å². The zero-order valence-corrected chi connectivity index (χ0v) is 11.4. The molecule has 0 amide bonds. The van der Waals surface area contributed by atoms with Gasteiger partial charge in [0.1, 0.15) is 5.82 Å². The van der Waals surface area contributed by atoms with Crippen LogP contribution in [0.4, 0.5) is 11.8 Å². The second-order valence-corrected chi connectivity index (χ2v) is 4.77. The molecule has 2 N–H and O–H groups in total. The van der Waals surface area contributed by atoms with Crippen molar-refractivity contribution in [3.63, 3.8) is 0 Å². The fourth-order valence-corrected chi connectivity index (χ4v) is 1.43. The molecule has 0 radical (unpaired) electrons. The fraction of sp³-hybridized carbons (Fsp3) is 0.692. The van der Waals surface area contributed by atoms with Gasteiger partial charge in [0.25, 0.3) is 0 Å². The first-order valence-corrected chi connectivity index (χ1v) is 6.45. The molecule has 0 aliphatic carbocycles. The molecule has 1 rings (SSSR count). The van der Waals surface area contributed by atoms with Crippen molar-refractivity contribution in [3.8, 4) is 0 Å². The predicted molar refractivity (Wildman–Crippen MR) is 73.5 cm³/mol. The van der Waals surface area contributed by atoms with E-state index in [9.17, 15) is 0 Å². The molecule has 0 unspecified atom stereocenters. The van der Waals surface area contributed by atoms with Crippen LogP contribution in [0.1, 0.15) is 39.3 Å². The Balaban J connectivity index is 2.59. The van der Waals surface area contributed by atoms with Gasteiger partial charge in [0.05, 0.1) is 0 Å². The van der Waals surface area contributed by atoms with Crippen molar-refractivity contribution in [2.75, 3.05) is 23.7 Å². The molecule has 0 spiro atoms. The third-order valence-corrected chi connectivity index (χ3v) is 2.36. The number of rotatable bonds is 7. The van der Waals surface area contributed by atoms with Crippen molar-refractivity contribution < 1.29 is 0 Å². The quantitative estimate of drug-likeness (QED) is 0.714. The molecular weight excluding hydrogens is 212 g/mol. The van der Waals surface area contributed by atoms with Crippen molar-refractivity contribution in [2.24, 2.45) is 5.92 Å². The van der Waals surface area contributed by atoms with Gasteiger partial charge in [-0.25, -0.2) is 4.98 Å². The Morgan fingerprint density at radius 3 is 2.65 bits per heavy atom. The average molecular weight is 236 g/mol. The van der Waals surface area contributed by atoms with Crippen LogP contribution >= 0.6 is 0 Å². The first-order chi connectivity index (χ1) is 8.11. The number of aromatic nitrogens is 2. The molecule has 17 heavy (non-hydrogen) atoms. The summed E-state index contributed by atoms with van der Waals surface area (Å²) in [5, 5.41) is 6.58. The van der Waals surface area contributed by atoms with Gasteiger partial charge < -0.3 is 10.6 Å². The van der Waals surface area contributed by atoms with Gasteiger partial charge in [-0.3, -0.25) is 0 Å².